The molecule has 0 bridgehead atoms. The fraction of sp³-hybridized carbons (Fsp3) is 0.250. The standard InChI is InChI=1S/C32H28N4O5/c33-31-29-28(21-6-8-24-26(14-21)40-18-38-24)30(22-7-9-25-27(15-22)41-19-39-25)35(16-20-4-2-1-3-5-20)32(29)34-17-36(31)23-10-12-37-13-11-23/h1-9,14-15,17,23,33H,10-13,16,18-19H2. The molecule has 9 nitrogen and oxygen atoms in total. The molecule has 1 saturated heterocycles. The summed E-state index contributed by atoms with van der Waals surface area (Å²) in [6.07, 6.45) is 3.53. The first-order chi connectivity index (χ1) is 20.2. The van der Waals surface area contributed by atoms with E-state index in [0.29, 0.717) is 42.5 Å². The van der Waals surface area contributed by atoms with Crippen LogP contribution < -0.4 is 24.4 Å². The molecule has 8 rings (SSSR count). The fourth-order valence-electron chi connectivity index (χ4n) is 6.11. The Kier molecular flexibility index (Phi) is 5.70. The van der Waals surface area contributed by atoms with E-state index in [4.69, 9.17) is 28.7 Å². The van der Waals surface area contributed by atoms with Gasteiger partial charge in [-0.15, -0.1) is 0 Å². The van der Waals surface area contributed by atoms with Gasteiger partial charge in [-0.3, -0.25) is 5.41 Å². The number of nitrogens with zero attached hydrogens (tertiary/aromatic N) is 3. The van der Waals surface area contributed by atoms with E-state index in [1.54, 1.807) is 0 Å². The SMILES string of the molecule is N=c1c2c(-c3ccc4c(c3)OCO4)c(-c3ccc4c(c3)OCO4)n(Cc3ccccc3)c2ncn1C1CCOCC1. The number of rotatable bonds is 5. The minimum Gasteiger partial charge on any atom is -0.454 e. The predicted molar refractivity (Wildman–Crippen MR) is 151 cm³/mol. The summed E-state index contributed by atoms with van der Waals surface area (Å²) in [5.41, 5.74) is 6.08. The number of aromatic nitrogens is 3. The zero-order chi connectivity index (χ0) is 27.3. The Morgan fingerprint density at radius 3 is 2.17 bits per heavy atom. The van der Waals surface area contributed by atoms with Crippen molar-refractivity contribution in [2.45, 2.75) is 25.4 Å². The molecule has 3 aliphatic heterocycles. The molecule has 1 N–H and O–H groups in total. The number of nitrogens with one attached hydrogen (secondary N) is 1. The average molecular weight is 549 g/mol. The monoisotopic (exact) mass is 548 g/mol. The summed E-state index contributed by atoms with van der Waals surface area (Å²) < 4.78 is 32.7. The van der Waals surface area contributed by atoms with Crippen molar-refractivity contribution < 1.29 is 23.7 Å². The highest BCUT2D eigenvalue weighted by Crippen LogP contribution is 2.45. The molecular weight excluding hydrogens is 520 g/mol. The summed E-state index contributed by atoms with van der Waals surface area (Å²) in [6, 6.07) is 22.5. The van der Waals surface area contributed by atoms with Gasteiger partial charge < -0.3 is 32.8 Å². The Hall–Kier alpha value is -4.76. The Morgan fingerprint density at radius 1 is 0.780 bits per heavy atom. The number of benzene rings is 3. The van der Waals surface area contributed by atoms with E-state index < -0.39 is 0 Å². The summed E-state index contributed by atoms with van der Waals surface area (Å²) in [4.78, 5) is 5.04. The highest BCUT2D eigenvalue weighted by molar-refractivity contribution is 6.03. The molecule has 1 fully saturated rings. The van der Waals surface area contributed by atoms with Crippen LogP contribution in [0.5, 0.6) is 23.0 Å². The van der Waals surface area contributed by atoms with Gasteiger partial charge in [0, 0.05) is 36.9 Å². The van der Waals surface area contributed by atoms with E-state index in [1.165, 1.54) is 0 Å². The second-order valence-electron chi connectivity index (χ2n) is 10.5. The van der Waals surface area contributed by atoms with Gasteiger partial charge in [0.05, 0.1) is 17.4 Å². The van der Waals surface area contributed by atoms with Crippen molar-refractivity contribution in [1.82, 2.24) is 14.1 Å². The van der Waals surface area contributed by atoms with Crippen LogP contribution in [0, 0.1) is 5.41 Å². The van der Waals surface area contributed by atoms with Crippen molar-refractivity contribution in [3.8, 4) is 45.4 Å². The van der Waals surface area contributed by atoms with Crippen LogP contribution in [0.2, 0.25) is 0 Å². The summed E-state index contributed by atoms with van der Waals surface area (Å²) in [7, 11) is 0. The van der Waals surface area contributed by atoms with Gasteiger partial charge in [0.25, 0.3) is 0 Å². The van der Waals surface area contributed by atoms with Crippen molar-refractivity contribution >= 4 is 11.0 Å². The predicted octanol–water partition coefficient (Wildman–Crippen LogP) is 5.51. The minimum atomic E-state index is 0.157. The molecule has 0 unspecified atom stereocenters. The Morgan fingerprint density at radius 2 is 1.44 bits per heavy atom. The quantitative estimate of drug-likeness (QED) is 0.312. The molecule has 0 saturated carbocycles. The highest BCUT2D eigenvalue weighted by atomic mass is 16.7. The molecule has 2 aromatic heterocycles. The summed E-state index contributed by atoms with van der Waals surface area (Å²) in [6.45, 7) is 2.34. The largest absolute Gasteiger partial charge is 0.454 e. The molecule has 0 atom stereocenters. The van der Waals surface area contributed by atoms with Gasteiger partial charge in [0.1, 0.15) is 11.1 Å². The third-order valence-corrected chi connectivity index (χ3v) is 8.11. The molecule has 0 aliphatic carbocycles. The molecular formula is C32H28N4O5. The second-order valence-corrected chi connectivity index (χ2v) is 10.5. The van der Waals surface area contributed by atoms with Gasteiger partial charge in [0.2, 0.25) is 13.6 Å². The fourth-order valence-corrected chi connectivity index (χ4v) is 6.11. The minimum absolute atomic E-state index is 0.157. The lowest BCUT2D eigenvalue weighted by Crippen LogP contribution is -2.29. The topological polar surface area (TPSA) is 92.8 Å². The summed E-state index contributed by atoms with van der Waals surface area (Å²) in [5.74, 6) is 2.83. The number of hydrogen-bond donors (Lipinski definition) is 1. The lowest BCUT2D eigenvalue weighted by atomic mass is 9.98. The first kappa shape index (κ1) is 24.1. The van der Waals surface area contributed by atoms with Gasteiger partial charge in [-0.25, -0.2) is 4.98 Å². The zero-order valence-electron chi connectivity index (χ0n) is 22.3. The van der Waals surface area contributed by atoms with Crippen LogP contribution >= 0.6 is 0 Å². The normalized spacial score (nSPS) is 16.0. The molecule has 0 spiro atoms. The lowest BCUT2D eigenvalue weighted by Gasteiger charge is -2.24. The van der Waals surface area contributed by atoms with Gasteiger partial charge >= 0.3 is 0 Å². The Bertz CT molecular complexity index is 1840. The van der Waals surface area contributed by atoms with Crippen LogP contribution in [0.1, 0.15) is 24.4 Å². The molecule has 5 heterocycles. The lowest BCUT2D eigenvalue weighted by molar-refractivity contribution is 0.0682. The van der Waals surface area contributed by atoms with Crippen LogP contribution in [0.3, 0.4) is 0 Å². The van der Waals surface area contributed by atoms with Gasteiger partial charge in [-0.2, -0.15) is 0 Å². The number of fused-ring (bicyclic) bond motifs is 3. The molecule has 0 radical (unpaired) electrons. The molecule has 5 aromatic rings. The zero-order valence-corrected chi connectivity index (χ0v) is 22.3. The van der Waals surface area contributed by atoms with E-state index >= 15 is 0 Å². The average Bonchev–Trinajstić information content (AvgIpc) is 3.75. The molecule has 206 valence electrons. The van der Waals surface area contributed by atoms with Gasteiger partial charge in [0.15, 0.2) is 23.0 Å². The summed E-state index contributed by atoms with van der Waals surface area (Å²) >= 11 is 0. The second kappa shape index (κ2) is 9.71. The van der Waals surface area contributed by atoms with Crippen molar-refractivity contribution in [1.29, 1.82) is 5.41 Å². The van der Waals surface area contributed by atoms with Crippen molar-refractivity contribution in [3.05, 3.63) is 84.1 Å². The molecule has 9 heteroatoms. The molecule has 0 amide bonds. The third-order valence-electron chi connectivity index (χ3n) is 8.11. The Balaban J connectivity index is 1.44. The number of ether oxygens (including phenoxy) is 5. The number of hydrogen-bond acceptors (Lipinski definition) is 7. The van der Waals surface area contributed by atoms with E-state index in [1.807, 2.05) is 59.4 Å². The van der Waals surface area contributed by atoms with E-state index in [2.05, 4.69) is 22.8 Å². The van der Waals surface area contributed by atoms with Crippen LogP contribution in [0.4, 0.5) is 0 Å². The van der Waals surface area contributed by atoms with Crippen LogP contribution in [-0.2, 0) is 11.3 Å². The van der Waals surface area contributed by atoms with Crippen molar-refractivity contribution in [3.63, 3.8) is 0 Å². The smallest absolute Gasteiger partial charge is 0.231 e. The van der Waals surface area contributed by atoms with Gasteiger partial charge in [-0.1, -0.05) is 36.4 Å². The van der Waals surface area contributed by atoms with E-state index in [0.717, 1.165) is 57.6 Å². The highest BCUT2D eigenvalue weighted by Gasteiger charge is 2.28. The summed E-state index contributed by atoms with van der Waals surface area (Å²) in [5, 5.41) is 10.4. The molecule has 3 aromatic carbocycles. The van der Waals surface area contributed by atoms with E-state index in [-0.39, 0.29) is 19.6 Å². The van der Waals surface area contributed by atoms with Gasteiger partial charge in [-0.05, 0) is 54.3 Å². The third kappa shape index (κ3) is 4.03. The maximum atomic E-state index is 9.56. The maximum Gasteiger partial charge on any atom is 0.231 e. The van der Waals surface area contributed by atoms with Crippen molar-refractivity contribution in [2.24, 2.45) is 0 Å². The van der Waals surface area contributed by atoms with Crippen LogP contribution in [-0.4, -0.2) is 40.9 Å². The van der Waals surface area contributed by atoms with Crippen LogP contribution in [0.25, 0.3) is 33.4 Å². The van der Waals surface area contributed by atoms with E-state index in [9.17, 15) is 5.41 Å². The first-order valence-corrected chi connectivity index (χ1v) is 13.8. The molecule has 3 aliphatic rings. The Labute approximate surface area is 236 Å². The first-order valence-electron chi connectivity index (χ1n) is 13.8. The van der Waals surface area contributed by atoms with Crippen LogP contribution in [0.15, 0.2) is 73.1 Å². The maximum absolute atomic E-state index is 9.56. The van der Waals surface area contributed by atoms with Crippen molar-refractivity contribution in [2.75, 3.05) is 26.8 Å². The molecule has 41 heavy (non-hydrogen) atoms.